The Morgan fingerprint density at radius 2 is 1.65 bits per heavy atom. The summed E-state index contributed by atoms with van der Waals surface area (Å²) in [6, 6.07) is 16.8. The fraction of sp³-hybridized carbons (Fsp3) is 0.393. The van der Waals surface area contributed by atoms with Crippen molar-refractivity contribution in [3.63, 3.8) is 0 Å². The predicted molar refractivity (Wildman–Crippen MR) is 131 cm³/mol. The van der Waals surface area contributed by atoms with E-state index in [0.29, 0.717) is 28.0 Å². The number of anilines is 1. The zero-order chi connectivity index (χ0) is 24.8. The molecule has 37 heavy (non-hydrogen) atoms. The van der Waals surface area contributed by atoms with Gasteiger partial charge in [-0.3, -0.25) is 4.79 Å². The molecule has 3 aliphatic heterocycles. The summed E-state index contributed by atoms with van der Waals surface area (Å²) in [6.45, 7) is 2.56. The maximum Gasteiger partial charge on any atom is 0.348 e. The Labute approximate surface area is 226 Å². The summed E-state index contributed by atoms with van der Waals surface area (Å²) in [5.41, 5.74) is 1.23. The van der Waals surface area contributed by atoms with Gasteiger partial charge in [-0.15, -0.1) is 0 Å². The van der Waals surface area contributed by atoms with Crippen LogP contribution in [0.2, 0.25) is 0 Å². The smallest absolute Gasteiger partial charge is 0.348 e. The Kier molecular flexibility index (Phi) is 6.95. The van der Waals surface area contributed by atoms with Crippen molar-refractivity contribution in [2.24, 2.45) is 5.92 Å². The molecule has 8 nitrogen and oxygen atoms in total. The van der Waals surface area contributed by atoms with Gasteiger partial charge in [-0.05, 0) is 24.0 Å². The molecular formula is C28H30BrN3O5. The van der Waals surface area contributed by atoms with Crippen LogP contribution in [0.15, 0.2) is 65.4 Å². The lowest BCUT2D eigenvalue weighted by molar-refractivity contribution is -0.939. The Hall–Kier alpha value is -3.01. The van der Waals surface area contributed by atoms with E-state index < -0.39 is 11.6 Å². The van der Waals surface area contributed by atoms with Crippen molar-refractivity contribution in [2.45, 2.75) is 37.4 Å². The van der Waals surface area contributed by atoms with Crippen molar-refractivity contribution in [3.05, 3.63) is 83.1 Å². The minimum Gasteiger partial charge on any atom is -1.00 e. The average molecular weight is 568 g/mol. The third kappa shape index (κ3) is 4.60. The van der Waals surface area contributed by atoms with Gasteiger partial charge in [0.15, 0.2) is 18.5 Å². The van der Waals surface area contributed by atoms with Crippen LogP contribution in [0.25, 0.3) is 0 Å². The molecule has 1 atom stereocenters. The topological polar surface area (TPSA) is 102 Å². The largest absolute Gasteiger partial charge is 1.00 e. The lowest BCUT2D eigenvalue weighted by Crippen LogP contribution is -3.00. The second kappa shape index (κ2) is 10.0. The van der Waals surface area contributed by atoms with Gasteiger partial charge in [0, 0.05) is 36.0 Å². The number of piperidine rings is 3. The van der Waals surface area contributed by atoms with Gasteiger partial charge in [0.25, 0.3) is 5.91 Å². The number of nitrogens with one attached hydrogen (secondary N) is 1. The van der Waals surface area contributed by atoms with E-state index in [9.17, 15) is 14.7 Å². The van der Waals surface area contributed by atoms with E-state index in [-0.39, 0.29) is 41.5 Å². The van der Waals surface area contributed by atoms with Crippen molar-refractivity contribution < 1.29 is 45.4 Å². The number of aryl methyl sites for hydroxylation is 2. The molecule has 1 aliphatic carbocycles. The highest BCUT2D eigenvalue weighted by Crippen LogP contribution is 2.41. The van der Waals surface area contributed by atoms with Gasteiger partial charge in [0.05, 0.1) is 13.1 Å². The number of ether oxygens (including phenoxy) is 1. The lowest BCUT2D eigenvalue weighted by atomic mass is 9.81. The fourth-order valence-corrected chi connectivity index (χ4v) is 6.38. The highest BCUT2D eigenvalue weighted by Gasteiger charge is 2.52. The van der Waals surface area contributed by atoms with Gasteiger partial charge in [0.2, 0.25) is 5.60 Å². The summed E-state index contributed by atoms with van der Waals surface area (Å²) in [6.07, 6.45) is 4.30. The molecule has 2 bridgehead atoms. The zero-order valence-corrected chi connectivity index (χ0v) is 22.0. The molecule has 4 aliphatic rings. The maximum absolute atomic E-state index is 13.9. The molecule has 2 aromatic carbocycles. The number of quaternary nitrogens is 1. The highest BCUT2D eigenvalue weighted by molar-refractivity contribution is 5.90. The Morgan fingerprint density at radius 3 is 2.24 bits per heavy atom. The van der Waals surface area contributed by atoms with Gasteiger partial charge in [-0.2, -0.15) is 0 Å². The number of esters is 1. The second-order valence-corrected chi connectivity index (χ2v) is 10.4. The van der Waals surface area contributed by atoms with Crippen molar-refractivity contribution in [1.29, 1.82) is 0 Å². The van der Waals surface area contributed by atoms with Crippen LogP contribution < -0.4 is 22.3 Å². The number of carbonyl (C=O) groups excluding carboxylic acids is 2. The van der Waals surface area contributed by atoms with E-state index in [1.54, 1.807) is 6.07 Å². The normalized spacial score (nSPS) is 25.1. The lowest BCUT2D eigenvalue weighted by Gasteiger charge is -2.51. The SMILES string of the molecule is O=C(C[N+]12CCC(CC1)[C@@H](OC(=O)C1(O)c3ccccc3CCc3ccccc31)C2)Nc1ccon1.[Br-]. The standard InChI is InChI=1S/C28H29N3O5.BrH/c32-26(29-25-13-16-35-30-25)18-31-14-11-21(12-15-31)24(17-31)36-27(33)28(34)22-7-3-1-5-19(22)9-10-20-6-2-4-8-23(20)28;/h1-8,13,16,21,24,34H,9-12,14-15,17-18H2;1H/t21?,24-,31?;/m0./s1. The molecule has 0 unspecified atom stereocenters. The molecule has 9 heteroatoms. The monoisotopic (exact) mass is 567 g/mol. The van der Waals surface area contributed by atoms with Gasteiger partial charge in [0.1, 0.15) is 12.8 Å². The number of aliphatic hydroxyl groups is 1. The van der Waals surface area contributed by atoms with Crippen LogP contribution in [0.4, 0.5) is 5.82 Å². The highest BCUT2D eigenvalue weighted by atomic mass is 79.9. The number of halogens is 1. The van der Waals surface area contributed by atoms with Gasteiger partial charge >= 0.3 is 5.97 Å². The number of rotatable bonds is 5. The van der Waals surface area contributed by atoms with E-state index in [1.807, 2.05) is 48.5 Å². The molecule has 7 rings (SSSR count). The quantitative estimate of drug-likeness (QED) is 0.327. The van der Waals surface area contributed by atoms with Crippen LogP contribution in [0.3, 0.4) is 0 Å². The summed E-state index contributed by atoms with van der Waals surface area (Å²) in [7, 11) is 0. The molecule has 3 fully saturated rings. The zero-order valence-electron chi connectivity index (χ0n) is 20.4. The Morgan fingerprint density at radius 1 is 1.03 bits per heavy atom. The molecule has 4 heterocycles. The first-order valence-corrected chi connectivity index (χ1v) is 12.6. The maximum atomic E-state index is 13.9. The molecule has 0 radical (unpaired) electrons. The Balaban J connectivity index is 0.00000280. The number of amides is 1. The van der Waals surface area contributed by atoms with E-state index >= 15 is 0 Å². The van der Waals surface area contributed by atoms with E-state index in [4.69, 9.17) is 9.26 Å². The number of benzene rings is 2. The predicted octanol–water partition coefficient (Wildman–Crippen LogP) is -0.196. The molecular weight excluding hydrogens is 538 g/mol. The number of hydrogen-bond donors (Lipinski definition) is 2. The molecule has 1 aromatic heterocycles. The van der Waals surface area contributed by atoms with Gasteiger partial charge in [-0.25, -0.2) is 4.79 Å². The number of fused-ring (bicyclic) bond motifs is 5. The summed E-state index contributed by atoms with van der Waals surface area (Å²) in [4.78, 5) is 26.6. The summed E-state index contributed by atoms with van der Waals surface area (Å²) in [5.74, 6) is -0.152. The van der Waals surface area contributed by atoms with Crippen LogP contribution in [0, 0.1) is 5.92 Å². The molecule has 0 spiro atoms. The van der Waals surface area contributed by atoms with Crippen molar-refractivity contribution in [1.82, 2.24) is 5.16 Å². The minimum absolute atomic E-state index is 0. The minimum atomic E-state index is -1.87. The van der Waals surface area contributed by atoms with Crippen LogP contribution in [0.1, 0.15) is 35.1 Å². The number of aromatic nitrogens is 1. The third-order valence-corrected chi connectivity index (χ3v) is 8.26. The molecule has 2 N–H and O–H groups in total. The van der Waals surface area contributed by atoms with E-state index in [2.05, 4.69) is 10.5 Å². The molecule has 194 valence electrons. The van der Waals surface area contributed by atoms with Crippen molar-refractivity contribution in [2.75, 3.05) is 31.5 Å². The van der Waals surface area contributed by atoms with Crippen molar-refractivity contribution in [3.8, 4) is 0 Å². The van der Waals surface area contributed by atoms with Crippen molar-refractivity contribution >= 4 is 17.7 Å². The number of hydrogen-bond acceptors (Lipinski definition) is 6. The summed E-state index contributed by atoms with van der Waals surface area (Å²) >= 11 is 0. The third-order valence-electron chi connectivity index (χ3n) is 8.26. The van der Waals surface area contributed by atoms with E-state index in [0.717, 1.165) is 49.9 Å². The van der Waals surface area contributed by atoms with E-state index in [1.165, 1.54) is 6.26 Å². The summed E-state index contributed by atoms with van der Waals surface area (Å²) in [5, 5.41) is 18.7. The first-order valence-electron chi connectivity index (χ1n) is 12.6. The van der Waals surface area contributed by atoms with Gasteiger partial charge < -0.3 is 41.1 Å². The molecule has 3 saturated heterocycles. The molecule has 0 saturated carbocycles. The first-order chi connectivity index (χ1) is 17.5. The number of carbonyl (C=O) groups is 2. The first kappa shape index (κ1) is 25.6. The number of nitrogens with zero attached hydrogens (tertiary/aromatic N) is 2. The summed E-state index contributed by atoms with van der Waals surface area (Å²) < 4.78 is 11.5. The molecule has 1 amide bonds. The van der Waals surface area contributed by atoms with Crippen LogP contribution in [-0.2, 0) is 32.8 Å². The van der Waals surface area contributed by atoms with Gasteiger partial charge in [-0.1, -0.05) is 53.7 Å². The molecule has 3 aromatic rings. The fourth-order valence-electron chi connectivity index (χ4n) is 6.38. The average Bonchev–Trinajstić information content (AvgIpc) is 3.36. The van der Waals surface area contributed by atoms with Crippen LogP contribution >= 0.6 is 0 Å². The second-order valence-electron chi connectivity index (χ2n) is 10.4. The van der Waals surface area contributed by atoms with Crippen LogP contribution in [-0.4, -0.2) is 58.9 Å². The van der Waals surface area contributed by atoms with Crippen LogP contribution in [0.5, 0.6) is 0 Å². The Bertz CT molecular complexity index is 1240.